The second-order valence-electron chi connectivity index (χ2n) is 4.90. The first-order valence-corrected chi connectivity index (χ1v) is 6.80. The number of benzene rings is 1. The number of amides is 1. The molecule has 0 saturated carbocycles. The Morgan fingerprint density at radius 3 is 3.05 bits per heavy atom. The molecule has 1 aliphatic rings. The maximum atomic E-state index is 12.0. The molecule has 1 aliphatic carbocycles. The number of aromatic nitrogens is 2. The van der Waals surface area contributed by atoms with E-state index in [2.05, 4.69) is 20.7 Å². The van der Waals surface area contributed by atoms with Gasteiger partial charge >= 0.3 is 0 Å². The first-order chi connectivity index (χ1) is 10.7. The van der Waals surface area contributed by atoms with E-state index in [-0.39, 0.29) is 5.69 Å². The molecule has 0 unspecified atom stereocenters. The van der Waals surface area contributed by atoms with Gasteiger partial charge in [-0.25, -0.2) is 5.43 Å². The quantitative estimate of drug-likeness (QED) is 0.506. The van der Waals surface area contributed by atoms with Gasteiger partial charge in [0.1, 0.15) is 0 Å². The van der Waals surface area contributed by atoms with E-state index < -0.39 is 10.8 Å². The predicted octanol–water partition coefficient (Wildman–Crippen LogP) is 1.57. The Morgan fingerprint density at radius 1 is 1.41 bits per heavy atom. The topological polar surface area (TPSA) is 113 Å². The number of nitrogens with zero attached hydrogens (tertiary/aromatic N) is 3. The Hall–Kier alpha value is -3.03. The molecule has 1 amide bonds. The molecule has 2 N–H and O–H groups in total. The number of nitro benzene ring substituents is 1. The highest BCUT2D eigenvalue weighted by Gasteiger charge is 2.22. The van der Waals surface area contributed by atoms with E-state index in [0.717, 1.165) is 30.5 Å². The fraction of sp³-hybridized carbons (Fsp3) is 0.214. The molecule has 0 fully saturated rings. The highest BCUT2D eigenvalue weighted by molar-refractivity contribution is 5.95. The van der Waals surface area contributed by atoms with Crippen LogP contribution in [0.15, 0.2) is 29.4 Å². The summed E-state index contributed by atoms with van der Waals surface area (Å²) in [7, 11) is 0. The van der Waals surface area contributed by atoms with Crippen LogP contribution in [0.3, 0.4) is 0 Å². The first-order valence-electron chi connectivity index (χ1n) is 6.80. The number of H-pyrrole nitrogens is 1. The minimum atomic E-state index is -0.496. The summed E-state index contributed by atoms with van der Waals surface area (Å²) in [6.45, 7) is 0. The van der Waals surface area contributed by atoms with Crippen molar-refractivity contribution in [2.24, 2.45) is 5.10 Å². The maximum absolute atomic E-state index is 12.0. The van der Waals surface area contributed by atoms with Crippen molar-refractivity contribution in [2.75, 3.05) is 0 Å². The van der Waals surface area contributed by atoms with Crippen LogP contribution in [0, 0.1) is 10.1 Å². The molecule has 3 rings (SSSR count). The Balaban J connectivity index is 1.72. The molecule has 1 aromatic heterocycles. The zero-order chi connectivity index (χ0) is 15.5. The van der Waals surface area contributed by atoms with Crippen molar-refractivity contribution in [1.82, 2.24) is 15.6 Å². The monoisotopic (exact) mass is 299 g/mol. The van der Waals surface area contributed by atoms with Crippen LogP contribution in [0.5, 0.6) is 0 Å². The molecule has 0 aliphatic heterocycles. The van der Waals surface area contributed by atoms with Crippen LogP contribution < -0.4 is 5.43 Å². The molecule has 1 heterocycles. The fourth-order valence-electron chi connectivity index (χ4n) is 2.48. The molecule has 2 aromatic rings. The summed E-state index contributed by atoms with van der Waals surface area (Å²) in [5.74, 6) is -0.422. The number of hydrogen-bond acceptors (Lipinski definition) is 5. The summed E-state index contributed by atoms with van der Waals surface area (Å²) in [5, 5.41) is 21.5. The Morgan fingerprint density at radius 2 is 2.23 bits per heavy atom. The summed E-state index contributed by atoms with van der Waals surface area (Å²) in [4.78, 5) is 22.4. The maximum Gasteiger partial charge on any atom is 0.292 e. The standard InChI is InChI=1S/C14H13N5O3/c20-14(13-10-5-3-6-11(10)16-17-13)18-15-8-9-4-1-2-7-12(9)19(21)22/h1-2,4,7-8H,3,5-6H2,(H,16,17)(H,18,20)/b15-8-. The molecular weight excluding hydrogens is 286 g/mol. The highest BCUT2D eigenvalue weighted by Crippen LogP contribution is 2.22. The van der Waals surface area contributed by atoms with Gasteiger partial charge in [0.2, 0.25) is 0 Å². The molecule has 0 spiro atoms. The average Bonchev–Trinajstić information content (AvgIpc) is 3.10. The third-order valence-electron chi connectivity index (χ3n) is 3.52. The van der Waals surface area contributed by atoms with E-state index in [4.69, 9.17) is 0 Å². The zero-order valence-corrected chi connectivity index (χ0v) is 11.6. The van der Waals surface area contributed by atoms with Gasteiger partial charge in [-0.05, 0) is 25.3 Å². The van der Waals surface area contributed by atoms with Crippen molar-refractivity contribution in [3.63, 3.8) is 0 Å². The number of aryl methyl sites for hydroxylation is 1. The number of nitrogens with one attached hydrogen (secondary N) is 2. The number of hydrazone groups is 1. The summed E-state index contributed by atoms with van der Waals surface area (Å²) >= 11 is 0. The number of hydrogen-bond donors (Lipinski definition) is 2. The largest absolute Gasteiger partial charge is 0.292 e. The van der Waals surface area contributed by atoms with Crippen LogP contribution in [0.2, 0.25) is 0 Å². The second kappa shape index (κ2) is 5.76. The van der Waals surface area contributed by atoms with E-state index in [9.17, 15) is 14.9 Å². The number of carbonyl (C=O) groups is 1. The lowest BCUT2D eigenvalue weighted by Crippen LogP contribution is -2.19. The third-order valence-corrected chi connectivity index (χ3v) is 3.52. The third kappa shape index (κ3) is 2.58. The Labute approximate surface area is 125 Å². The van der Waals surface area contributed by atoms with Gasteiger partial charge in [-0.3, -0.25) is 20.0 Å². The molecule has 22 heavy (non-hydrogen) atoms. The van der Waals surface area contributed by atoms with Crippen LogP contribution in [-0.4, -0.2) is 27.2 Å². The summed E-state index contributed by atoms with van der Waals surface area (Å²) in [6, 6.07) is 6.17. The predicted molar refractivity (Wildman–Crippen MR) is 78.8 cm³/mol. The van der Waals surface area contributed by atoms with Gasteiger partial charge in [0.05, 0.1) is 16.7 Å². The molecule has 0 atom stereocenters. The SMILES string of the molecule is O=C(N/N=C\c1ccccc1[N+](=O)[O-])c1n[nH]c2c1CCC2. The van der Waals surface area contributed by atoms with Crippen LogP contribution in [-0.2, 0) is 12.8 Å². The van der Waals surface area contributed by atoms with Gasteiger partial charge < -0.3 is 0 Å². The highest BCUT2D eigenvalue weighted by atomic mass is 16.6. The van der Waals surface area contributed by atoms with Gasteiger partial charge in [0, 0.05) is 17.3 Å². The molecule has 0 saturated heterocycles. The summed E-state index contributed by atoms with van der Waals surface area (Å²) < 4.78 is 0. The van der Waals surface area contributed by atoms with Crippen LogP contribution >= 0.6 is 0 Å². The van der Waals surface area contributed by atoms with E-state index in [1.807, 2.05) is 0 Å². The van der Waals surface area contributed by atoms with Gasteiger partial charge in [-0.1, -0.05) is 12.1 Å². The molecule has 1 aromatic carbocycles. The smallest absolute Gasteiger partial charge is 0.281 e. The molecule has 112 valence electrons. The van der Waals surface area contributed by atoms with Gasteiger partial charge in [-0.15, -0.1) is 0 Å². The Kier molecular flexibility index (Phi) is 3.65. The lowest BCUT2D eigenvalue weighted by molar-refractivity contribution is -0.385. The zero-order valence-electron chi connectivity index (χ0n) is 11.6. The van der Waals surface area contributed by atoms with Gasteiger partial charge in [-0.2, -0.15) is 10.2 Å². The van der Waals surface area contributed by atoms with Crippen molar-refractivity contribution in [3.05, 3.63) is 56.9 Å². The average molecular weight is 299 g/mol. The lowest BCUT2D eigenvalue weighted by atomic mass is 10.2. The van der Waals surface area contributed by atoms with Gasteiger partial charge in [0.15, 0.2) is 5.69 Å². The van der Waals surface area contributed by atoms with Gasteiger partial charge in [0.25, 0.3) is 11.6 Å². The summed E-state index contributed by atoms with van der Waals surface area (Å²) in [5.41, 5.74) is 4.87. The molecular formula is C14H13N5O3. The fourth-order valence-corrected chi connectivity index (χ4v) is 2.48. The van der Waals surface area contributed by atoms with E-state index in [1.54, 1.807) is 18.2 Å². The van der Waals surface area contributed by atoms with Crippen LogP contribution in [0.1, 0.15) is 33.7 Å². The number of fused-ring (bicyclic) bond motifs is 1. The van der Waals surface area contributed by atoms with E-state index >= 15 is 0 Å². The van der Waals surface area contributed by atoms with E-state index in [0.29, 0.717) is 11.3 Å². The van der Waals surface area contributed by atoms with Crippen molar-refractivity contribution >= 4 is 17.8 Å². The molecule has 8 heteroatoms. The van der Waals surface area contributed by atoms with Crippen LogP contribution in [0.25, 0.3) is 0 Å². The number of nitro groups is 1. The van der Waals surface area contributed by atoms with Crippen LogP contribution in [0.4, 0.5) is 5.69 Å². The Bertz CT molecular complexity index is 766. The van der Waals surface area contributed by atoms with Crippen molar-refractivity contribution in [3.8, 4) is 0 Å². The van der Waals surface area contributed by atoms with E-state index in [1.165, 1.54) is 12.3 Å². The number of carbonyl (C=O) groups excluding carboxylic acids is 1. The second-order valence-corrected chi connectivity index (χ2v) is 4.90. The minimum absolute atomic E-state index is 0.0684. The molecule has 0 radical (unpaired) electrons. The first kappa shape index (κ1) is 13.9. The summed E-state index contributed by atoms with van der Waals surface area (Å²) in [6.07, 6.45) is 3.98. The number of rotatable bonds is 4. The number of aromatic amines is 1. The number of para-hydroxylation sites is 1. The lowest BCUT2D eigenvalue weighted by Gasteiger charge is -1.99. The van der Waals surface area contributed by atoms with Crippen molar-refractivity contribution in [1.29, 1.82) is 0 Å². The normalized spacial score (nSPS) is 13.3. The van der Waals surface area contributed by atoms with Crippen molar-refractivity contribution in [2.45, 2.75) is 19.3 Å². The molecule has 8 nitrogen and oxygen atoms in total. The minimum Gasteiger partial charge on any atom is -0.281 e. The van der Waals surface area contributed by atoms with Crippen molar-refractivity contribution < 1.29 is 9.72 Å². The molecule has 0 bridgehead atoms.